The zero-order valence-electron chi connectivity index (χ0n) is 4.57. The summed E-state index contributed by atoms with van der Waals surface area (Å²) in [5, 5.41) is 0. The first-order valence-electron chi connectivity index (χ1n) is 2.03. The van der Waals surface area contributed by atoms with E-state index in [4.69, 9.17) is 4.55 Å². The SMILES string of the molecule is C=CC(=O)OCS(=O)O. The van der Waals surface area contributed by atoms with Gasteiger partial charge in [-0.1, -0.05) is 6.58 Å². The van der Waals surface area contributed by atoms with Crippen LogP contribution in [0.25, 0.3) is 0 Å². The lowest BCUT2D eigenvalue weighted by Crippen LogP contribution is -2.05. The van der Waals surface area contributed by atoms with Crippen LogP contribution < -0.4 is 0 Å². The van der Waals surface area contributed by atoms with Gasteiger partial charge in [0.15, 0.2) is 17.0 Å². The fraction of sp³-hybridized carbons (Fsp3) is 0.250. The van der Waals surface area contributed by atoms with E-state index in [0.717, 1.165) is 6.08 Å². The highest BCUT2D eigenvalue weighted by molar-refractivity contribution is 7.79. The Bertz CT molecular complexity index is 142. The van der Waals surface area contributed by atoms with Gasteiger partial charge in [0.05, 0.1) is 0 Å². The van der Waals surface area contributed by atoms with E-state index >= 15 is 0 Å². The number of carbonyl (C=O) groups excluding carboxylic acids is 1. The third kappa shape index (κ3) is 5.19. The molecule has 1 N–H and O–H groups in total. The molecule has 0 aliphatic carbocycles. The molecule has 0 aromatic carbocycles. The molecule has 0 aliphatic rings. The summed E-state index contributed by atoms with van der Waals surface area (Å²) in [5.41, 5.74) is 0. The van der Waals surface area contributed by atoms with Crippen molar-refractivity contribution in [3.05, 3.63) is 12.7 Å². The topological polar surface area (TPSA) is 63.6 Å². The lowest BCUT2D eigenvalue weighted by atomic mass is 10.7. The minimum Gasteiger partial charge on any atom is -0.446 e. The van der Waals surface area contributed by atoms with E-state index in [2.05, 4.69) is 11.3 Å². The number of ether oxygens (including phenoxy) is 1. The van der Waals surface area contributed by atoms with Gasteiger partial charge in [0.1, 0.15) is 0 Å². The predicted molar refractivity (Wildman–Crippen MR) is 31.9 cm³/mol. The maximum Gasteiger partial charge on any atom is 0.331 e. The number of hydrogen-bond acceptors (Lipinski definition) is 3. The Kier molecular flexibility index (Phi) is 3.90. The molecular weight excluding hydrogens is 144 g/mol. The van der Waals surface area contributed by atoms with Crippen LogP contribution in [-0.4, -0.2) is 20.7 Å². The van der Waals surface area contributed by atoms with Crippen LogP contribution in [0.15, 0.2) is 12.7 Å². The van der Waals surface area contributed by atoms with Gasteiger partial charge in [0.25, 0.3) is 0 Å². The molecule has 0 aromatic heterocycles. The van der Waals surface area contributed by atoms with Gasteiger partial charge in [0.2, 0.25) is 0 Å². The Morgan fingerprint density at radius 1 is 1.89 bits per heavy atom. The lowest BCUT2D eigenvalue weighted by molar-refractivity contribution is -0.135. The molecule has 0 fully saturated rings. The van der Waals surface area contributed by atoms with Gasteiger partial charge < -0.3 is 9.29 Å². The third-order valence-corrected chi connectivity index (χ3v) is 0.788. The summed E-state index contributed by atoms with van der Waals surface area (Å²) < 4.78 is 22.0. The van der Waals surface area contributed by atoms with Gasteiger partial charge in [-0.05, 0) is 0 Å². The molecule has 0 rings (SSSR count). The van der Waals surface area contributed by atoms with E-state index in [1.54, 1.807) is 0 Å². The van der Waals surface area contributed by atoms with Crippen LogP contribution in [0.1, 0.15) is 0 Å². The summed E-state index contributed by atoms with van der Waals surface area (Å²) in [4.78, 5) is 10.1. The van der Waals surface area contributed by atoms with Gasteiger partial charge in [-0.15, -0.1) is 0 Å². The van der Waals surface area contributed by atoms with Crippen molar-refractivity contribution in [2.24, 2.45) is 0 Å². The van der Waals surface area contributed by atoms with Crippen LogP contribution in [0, 0.1) is 0 Å². The Morgan fingerprint density at radius 3 is 2.78 bits per heavy atom. The van der Waals surface area contributed by atoms with Gasteiger partial charge in [0, 0.05) is 6.08 Å². The molecule has 0 bridgehead atoms. The molecule has 0 aliphatic heterocycles. The zero-order valence-corrected chi connectivity index (χ0v) is 5.39. The summed E-state index contributed by atoms with van der Waals surface area (Å²) >= 11 is -2.08. The second-order valence-corrected chi connectivity index (χ2v) is 1.99. The summed E-state index contributed by atoms with van der Waals surface area (Å²) in [6, 6.07) is 0. The number of esters is 1. The lowest BCUT2D eigenvalue weighted by Gasteiger charge is -1.94. The van der Waals surface area contributed by atoms with Crippen molar-refractivity contribution >= 4 is 17.0 Å². The minimum absolute atomic E-state index is 0.495. The largest absolute Gasteiger partial charge is 0.446 e. The minimum atomic E-state index is -2.08. The Labute approximate surface area is 54.8 Å². The molecule has 0 amide bonds. The van der Waals surface area contributed by atoms with Crippen molar-refractivity contribution < 1.29 is 18.3 Å². The normalized spacial score (nSPS) is 12.1. The summed E-state index contributed by atoms with van der Waals surface area (Å²) in [5.74, 6) is -1.19. The second-order valence-electron chi connectivity index (χ2n) is 1.11. The van der Waals surface area contributed by atoms with E-state index in [-0.39, 0.29) is 0 Å². The number of hydrogen-bond donors (Lipinski definition) is 1. The molecule has 9 heavy (non-hydrogen) atoms. The molecule has 0 heterocycles. The zero-order chi connectivity index (χ0) is 7.28. The highest BCUT2D eigenvalue weighted by Gasteiger charge is 1.96. The van der Waals surface area contributed by atoms with Gasteiger partial charge >= 0.3 is 5.97 Å². The quantitative estimate of drug-likeness (QED) is 0.346. The van der Waals surface area contributed by atoms with Crippen LogP contribution in [-0.2, 0) is 20.6 Å². The molecule has 0 saturated heterocycles. The Morgan fingerprint density at radius 2 is 2.44 bits per heavy atom. The number of carbonyl (C=O) groups is 1. The number of rotatable bonds is 3. The average molecular weight is 150 g/mol. The molecule has 1 atom stereocenters. The van der Waals surface area contributed by atoms with E-state index < -0.39 is 23.0 Å². The van der Waals surface area contributed by atoms with Crippen molar-refractivity contribution in [1.82, 2.24) is 0 Å². The Balaban J connectivity index is 3.39. The average Bonchev–Trinajstić information content (AvgIpc) is 1.83. The summed E-state index contributed by atoms with van der Waals surface area (Å²) in [6.45, 7) is 3.08. The van der Waals surface area contributed by atoms with Crippen LogP contribution in [0.4, 0.5) is 0 Å². The first kappa shape index (κ1) is 8.32. The second kappa shape index (κ2) is 4.22. The monoisotopic (exact) mass is 150 g/mol. The van der Waals surface area contributed by atoms with Gasteiger partial charge in [-0.3, -0.25) is 0 Å². The van der Waals surface area contributed by atoms with Crippen molar-refractivity contribution in [3.8, 4) is 0 Å². The molecule has 0 aromatic rings. The molecule has 0 radical (unpaired) electrons. The van der Waals surface area contributed by atoms with E-state index in [1.165, 1.54) is 0 Å². The van der Waals surface area contributed by atoms with Crippen LogP contribution in [0.2, 0.25) is 0 Å². The first-order chi connectivity index (χ1) is 4.16. The van der Waals surface area contributed by atoms with Crippen LogP contribution in [0.3, 0.4) is 0 Å². The maximum absolute atomic E-state index is 10.1. The van der Waals surface area contributed by atoms with Crippen molar-refractivity contribution in [3.63, 3.8) is 0 Å². The first-order valence-corrected chi connectivity index (χ1v) is 3.31. The van der Waals surface area contributed by atoms with E-state index in [1.807, 2.05) is 0 Å². The smallest absolute Gasteiger partial charge is 0.331 e. The van der Waals surface area contributed by atoms with Crippen molar-refractivity contribution in [2.45, 2.75) is 0 Å². The van der Waals surface area contributed by atoms with Crippen LogP contribution >= 0.6 is 0 Å². The molecule has 52 valence electrons. The van der Waals surface area contributed by atoms with E-state index in [9.17, 15) is 9.00 Å². The van der Waals surface area contributed by atoms with Gasteiger partial charge in [-0.25, -0.2) is 9.00 Å². The molecule has 5 heteroatoms. The maximum atomic E-state index is 10.1. The molecule has 0 spiro atoms. The van der Waals surface area contributed by atoms with Crippen molar-refractivity contribution in [1.29, 1.82) is 0 Å². The highest BCUT2D eigenvalue weighted by atomic mass is 32.2. The van der Waals surface area contributed by atoms with Crippen LogP contribution in [0.5, 0.6) is 0 Å². The van der Waals surface area contributed by atoms with E-state index in [0.29, 0.717) is 0 Å². The molecule has 0 saturated carbocycles. The van der Waals surface area contributed by atoms with Crippen molar-refractivity contribution in [2.75, 3.05) is 5.94 Å². The predicted octanol–water partition coefficient (Wildman–Crippen LogP) is -0.105. The Hall–Kier alpha value is -0.680. The third-order valence-electron chi connectivity index (χ3n) is 0.469. The standard InChI is InChI=1S/C4H6O4S/c1-2-4(5)8-3-9(6)7/h2H,1,3H2,(H,6,7). The highest BCUT2D eigenvalue weighted by Crippen LogP contribution is 1.80. The molecule has 4 nitrogen and oxygen atoms in total. The fourth-order valence-electron chi connectivity index (χ4n) is 0.167. The summed E-state index contributed by atoms with van der Waals surface area (Å²) in [7, 11) is 0. The van der Waals surface area contributed by atoms with Gasteiger partial charge in [-0.2, -0.15) is 0 Å². The molecular formula is C4H6O4S. The molecule has 1 unspecified atom stereocenters. The fourth-order valence-corrected chi connectivity index (χ4v) is 0.384. The summed E-state index contributed by atoms with van der Waals surface area (Å²) in [6.07, 6.45) is 0.923.